The van der Waals surface area contributed by atoms with Crippen LogP contribution in [-0.2, 0) is 19.6 Å². The van der Waals surface area contributed by atoms with E-state index < -0.39 is 11.7 Å². The van der Waals surface area contributed by atoms with Crippen molar-refractivity contribution in [2.45, 2.75) is 12.6 Å². The third-order valence-electron chi connectivity index (χ3n) is 2.84. The van der Waals surface area contributed by atoms with Crippen molar-refractivity contribution in [3.05, 3.63) is 53.3 Å². The van der Waals surface area contributed by atoms with Crippen LogP contribution in [0.1, 0.15) is 16.8 Å². The number of benzene rings is 1. The lowest BCUT2D eigenvalue weighted by molar-refractivity contribution is -0.137. The van der Waals surface area contributed by atoms with Crippen LogP contribution in [-0.4, -0.2) is 9.67 Å². The number of aromatic nitrogens is 1. The summed E-state index contributed by atoms with van der Waals surface area (Å²) >= 11 is 0. The van der Waals surface area contributed by atoms with Crippen LogP contribution in [0.5, 0.6) is 5.75 Å². The standard InChI is InChI=1S/C13H12F3NO/c1-17-6-2-3-11(17)7-9-4-5-10(8-12(9)18)13(14,15)16/h2-6,8,18H,7H2,1H3. The van der Waals surface area contributed by atoms with E-state index in [1.165, 1.54) is 6.07 Å². The van der Waals surface area contributed by atoms with Crippen molar-refractivity contribution in [3.8, 4) is 5.75 Å². The Labute approximate surface area is 102 Å². The highest BCUT2D eigenvalue weighted by molar-refractivity contribution is 5.39. The number of aromatic hydroxyl groups is 1. The lowest BCUT2D eigenvalue weighted by atomic mass is 10.1. The molecular weight excluding hydrogens is 243 g/mol. The lowest BCUT2D eigenvalue weighted by Crippen LogP contribution is -2.05. The Kier molecular flexibility index (Phi) is 3.07. The van der Waals surface area contributed by atoms with Crippen molar-refractivity contribution in [1.29, 1.82) is 0 Å². The summed E-state index contributed by atoms with van der Waals surface area (Å²) < 4.78 is 39.1. The molecule has 1 aromatic carbocycles. The minimum atomic E-state index is -4.43. The normalized spacial score (nSPS) is 11.8. The van der Waals surface area contributed by atoms with Crippen LogP contribution < -0.4 is 0 Å². The van der Waals surface area contributed by atoms with Gasteiger partial charge in [0.1, 0.15) is 5.75 Å². The molecule has 2 nitrogen and oxygen atoms in total. The summed E-state index contributed by atoms with van der Waals surface area (Å²) in [6.45, 7) is 0. The molecule has 2 aromatic rings. The fourth-order valence-electron chi connectivity index (χ4n) is 1.76. The molecule has 1 N–H and O–H groups in total. The molecule has 0 saturated carbocycles. The van der Waals surface area contributed by atoms with Gasteiger partial charge in [0, 0.05) is 25.4 Å². The maximum atomic E-state index is 12.4. The molecule has 2 rings (SSSR count). The van der Waals surface area contributed by atoms with Crippen LogP contribution in [0, 0.1) is 0 Å². The van der Waals surface area contributed by atoms with Crippen LogP contribution in [0.2, 0.25) is 0 Å². The minimum Gasteiger partial charge on any atom is -0.508 e. The van der Waals surface area contributed by atoms with Gasteiger partial charge in [-0.05, 0) is 29.8 Å². The monoisotopic (exact) mass is 255 g/mol. The molecule has 0 atom stereocenters. The lowest BCUT2D eigenvalue weighted by Gasteiger charge is -2.10. The van der Waals surface area contributed by atoms with Crippen LogP contribution >= 0.6 is 0 Å². The van der Waals surface area contributed by atoms with Crippen LogP contribution in [0.25, 0.3) is 0 Å². The van der Waals surface area contributed by atoms with Gasteiger partial charge in [0.2, 0.25) is 0 Å². The predicted octanol–water partition coefficient (Wildman–Crippen LogP) is 3.34. The van der Waals surface area contributed by atoms with E-state index in [4.69, 9.17) is 0 Å². The zero-order chi connectivity index (χ0) is 13.3. The van der Waals surface area contributed by atoms with Gasteiger partial charge in [-0.15, -0.1) is 0 Å². The van der Waals surface area contributed by atoms with E-state index >= 15 is 0 Å². The second-order valence-corrected chi connectivity index (χ2v) is 4.13. The van der Waals surface area contributed by atoms with Crippen LogP contribution in [0.3, 0.4) is 0 Å². The van der Waals surface area contributed by atoms with E-state index in [9.17, 15) is 18.3 Å². The highest BCUT2D eigenvalue weighted by atomic mass is 19.4. The molecular formula is C13H12F3NO. The summed E-state index contributed by atoms with van der Waals surface area (Å²) in [4.78, 5) is 0. The Morgan fingerprint density at radius 2 is 1.94 bits per heavy atom. The number of nitrogens with zero attached hydrogens (tertiary/aromatic N) is 1. The van der Waals surface area contributed by atoms with E-state index in [1.807, 2.05) is 29.9 Å². The number of aryl methyl sites for hydroxylation is 1. The molecule has 5 heteroatoms. The van der Waals surface area contributed by atoms with E-state index in [0.29, 0.717) is 12.0 Å². The molecule has 0 fully saturated rings. The van der Waals surface area contributed by atoms with E-state index in [1.54, 1.807) is 0 Å². The highest BCUT2D eigenvalue weighted by Crippen LogP contribution is 2.33. The summed E-state index contributed by atoms with van der Waals surface area (Å²) in [5.41, 5.74) is 0.561. The molecule has 0 amide bonds. The molecule has 96 valence electrons. The smallest absolute Gasteiger partial charge is 0.416 e. The van der Waals surface area contributed by atoms with Gasteiger partial charge >= 0.3 is 6.18 Å². The molecule has 0 saturated heterocycles. The maximum absolute atomic E-state index is 12.4. The third-order valence-corrected chi connectivity index (χ3v) is 2.84. The molecule has 1 aromatic heterocycles. The summed E-state index contributed by atoms with van der Waals surface area (Å²) in [6, 6.07) is 6.76. The molecule has 0 bridgehead atoms. The largest absolute Gasteiger partial charge is 0.508 e. The number of rotatable bonds is 2. The van der Waals surface area contributed by atoms with Gasteiger partial charge in [0.05, 0.1) is 5.56 Å². The molecule has 1 heterocycles. The fourth-order valence-corrected chi connectivity index (χ4v) is 1.76. The Hall–Kier alpha value is -1.91. The number of hydrogen-bond donors (Lipinski definition) is 1. The van der Waals surface area contributed by atoms with Crippen molar-refractivity contribution in [1.82, 2.24) is 4.57 Å². The second-order valence-electron chi connectivity index (χ2n) is 4.13. The van der Waals surface area contributed by atoms with Gasteiger partial charge in [-0.25, -0.2) is 0 Å². The topological polar surface area (TPSA) is 25.2 Å². The molecule has 0 aliphatic rings. The van der Waals surface area contributed by atoms with E-state index in [2.05, 4.69) is 0 Å². The van der Waals surface area contributed by atoms with E-state index in [-0.39, 0.29) is 5.75 Å². The van der Waals surface area contributed by atoms with Crippen molar-refractivity contribution < 1.29 is 18.3 Å². The number of halogens is 3. The van der Waals surface area contributed by atoms with Crippen molar-refractivity contribution in [2.75, 3.05) is 0 Å². The van der Waals surface area contributed by atoms with Crippen molar-refractivity contribution in [3.63, 3.8) is 0 Å². The molecule has 0 radical (unpaired) electrons. The van der Waals surface area contributed by atoms with Crippen molar-refractivity contribution >= 4 is 0 Å². The van der Waals surface area contributed by atoms with Crippen LogP contribution in [0.4, 0.5) is 13.2 Å². The SMILES string of the molecule is Cn1cccc1Cc1ccc(C(F)(F)F)cc1O. The zero-order valence-electron chi connectivity index (χ0n) is 9.70. The average molecular weight is 255 g/mol. The van der Waals surface area contributed by atoms with Gasteiger partial charge in [0.25, 0.3) is 0 Å². The quantitative estimate of drug-likeness (QED) is 0.874. The predicted molar refractivity (Wildman–Crippen MR) is 61.3 cm³/mol. The van der Waals surface area contributed by atoms with Crippen molar-refractivity contribution in [2.24, 2.45) is 7.05 Å². The fraction of sp³-hybridized carbons (Fsp3) is 0.231. The Bertz CT molecular complexity index is 558. The first-order chi connectivity index (χ1) is 8.38. The van der Waals surface area contributed by atoms with Gasteiger partial charge in [-0.2, -0.15) is 13.2 Å². The number of phenols is 1. The second kappa shape index (κ2) is 4.40. The highest BCUT2D eigenvalue weighted by Gasteiger charge is 2.31. The van der Waals surface area contributed by atoms with Gasteiger partial charge in [-0.1, -0.05) is 6.07 Å². The first-order valence-electron chi connectivity index (χ1n) is 5.37. The summed E-state index contributed by atoms with van der Waals surface area (Å²) in [5, 5.41) is 9.64. The summed E-state index contributed by atoms with van der Waals surface area (Å²) in [6.07, 6.45) is -2.19. The van der Waals surface area contributed by atoms with E-state index in [0.717, 1.165) is 17.8 Å². The first-order valence-corrected chi connectivity index (χ1v) is 5.37. The van der Waals surface area contributed by atoms with Crippen LogP contribution in [0.15, 0.2) is 36.5 Å². The average Bonchev–Trinajstić information content (AvgIpc) is 2.66. The van der Waals surface area contributed by atoms with Gasteiger partial charge in [-0.3, -0.25) is 0 Å². The Morgan fingerprint density at radius 3 is 2.44 bits per heavy atom. The molecule has 0 unspecified atom stereocenters. The molecule has 0 aliphatic heterocycles. The number of alkyl halides is 3. The number of hydrogen-bond acceptors (Lipinski definition) is 1. The zero-order valence-corrected chi connectivity index (χ0v) is 9.70. The molecule has 18 heavy (non-hydrogen) atoms. The summed E-state index contributed by atoms with van der Waals surface area (Å²) in [7, 11) is 1.84. The Balaban J connectivity index is 2.29. The minimum absolute atomic E-state index is 0.328. The molecule has 0 aliphatic carbocycles. The molecule has 0 spiro atoms. The third kappa shape index (κ3) is 2.50. The van der Waals surface area contributed by atoms with Gasteiger partial charge < -0.3 is 9.67 Å². The number of phenolic OH excluding ortho intramolecular Hbond substituents is 1. The summed E-state index contributed by atoms with van der Waals surface area (Å²) in [5.74, 6) is -0.328. The maximum Gasteiger partial charge on any atom is 0.416 e. The Morgan fingerprint density at radius 1 is 1.22 bits per heavy atom. The first kappa shape index (κ1) is 12.5. The van der Waals surface area contributed by atoms with Gasteiger partial charge in [0.15, 0.2) is 0 Å².